The zero-order valence-electron chi connectivity index (χ0n) is 14.7. The Morgan fingerprint density at radius 3 is 2.79 bits per heavy atom. The lowest BCUT2D eigenvalue weighted by molar-refractivity contribution is -0.136. The number of amides is 3. The normalized spacial score (nSPS) is 18.6. The third-order valence-corrected chi connectivity index (χ3v) is 4.44. The molecule has 0 unspecified atom stereocenters. The van der Waals surface area contributed by atoms with Gasteiger partial charge in [-0.3, -0.25) is 4.79 Å². The summed E-state index contributed by atoms with van der Waals surface area (Å²) >= 11 is 0. The molecule has 1 fully saturated rings. The zero-order chi connectivity index (χ0) is 17.5. The average molecular weight is 333 g/mol. The summed E-state index contributed by atoms with van der Waals surface area (Å²) in [5, 5.41) is 5.50. The molecule has 2 rings (SSSR count). The number of urea groups is 1. The van der Waals surface area contributed by atoms with E-state index in [9.17, 15) is 9.59 Å². The highest BCUT2D eigenvalue weighted by Gasteiger charge is 2.27. The van der Waals surface area contributed by atoms with Crippen LogP contribution in [0.15, 0.2) is 24.3 Å². The van der Waals surface area contributed by atoms with Crippen molar-refractivity contribution in [1.29, 1.82) is 0 Å². The lowest BCUT2D eigenvalue weighted by atomic mass is 10.0. The molecule has 6 heteroatoms. The molecule has 3 amide bonds. The van der Waals surface area contributed by atoms with Crippen LogP contribution in [0.5, 0.6) is 5.75 Å². The number of methoxy groups -OCH3 is 1. The molecule has 1 aliphatic heterocycles. The molecule has 0 spiro atoms. The van der Waals surface area contributed by atoms with E-state index < -0.39 is 6.04 Å². The van der Waals surface area contributed by atoms with Gasteiger partial charge < -0.3 is 20.3 Å². The standard InChI is InChI=1S/C18H27N3O3/c1-13-8-6-7-11-21(13)17(22)14(2)20-18(23)19-12-15-9-4-5-10-16(15)24-3/h4-5,9-10,13-14H,6-8,11-12H2,1-3H3,(H2,19,20,23)/t13-,14-/m1/s1. The van der Waals surface area contributed by atoms with Crippen molar-refractivity contribution in [1.82, 2.24) is 15.5 Å². The van der Waals surface area contributed by atoms with Gasteiger partial charge in [0.25, 0.3) is 0 Å². The number of hydrogen-bond donors (Lipinski definition) is 2. The summed E-state index contributed by atoms with van der Waals surface area (Å²) in [4.78, 5) is 26.4. The molecule has 0 aliphatic carbocycles. The fourth-order valence-electron chi connectivity index (χ4n) is 3.01. The Morgan fingerprint density at radius 1 is 1.33 bits per heavy atom. The van der Waals surface area contributed by atoms with Crippen LogP contribution in [-0.4, -0.2) is 42.6 Å². The number of piperidine rings is 1. The van der Waals surface area contributed by atoms with Crippen molar-refractivity contribution in [3.8, 4) is 5.75 Å². The van der Waals surface area contributed by atoms with Gasteiger partial charge in [-0.2, -0.15) is 0 Å². The number of nitrogens with zero attached hydrogens (tertiary/aromatic N) is 1. The maximum absolute atomic E-state index is 12.5. The molecule has 2 N–H and O–H groups in total. The van der Waals surface area contributed by atoms with Crippen LogP contribution in [0.3, 0.4) is 0 Å². The van der Waals surface area contributed by atoms with Crippen LogP contribution < -0.4 is 15.4 Å². The van der Waals surface area contributed by atoms with Crippen LogP contribution in [0.25, 0.3) is 0 Å². The van der Waals surface area contributed by atoms with Gasteiger partial charge in [0.05, 0.1) is 7.11 Å². The predicted octanol–water partition coefficient (Wildman–Crippen LogP) is 2.28. The quantitative estimate of drug-likeness (QED) is 0.868. The summed E-state index contributed by atoms with van der Waals surface area (Å²) < 4.78 is 5.26. The Hall–Kier alpha value is -2.24. The van der Waals surface area contributed by atoms with E-state index in [-0.39, 0.29) is 18.0 Å². The number of nitrogens with one attached hydrogen (secondary N) is 2. The largest absolute Gasteiger partial charge is 0.496 e. The molecule has 0 aromatic heterocycles. The minimum absolute atomic E-state index is 0.0189. The second-order valence-corrected chi connectivity index (χ2v) is 6.24. The number of para-hydroxylation sites is 1. The highest BCUT2D eigenvalue weighted by molar-refractivity contribution is 5.87. The first kappa shape index (κ1) is 18.1. The summed E-state index contributed by atoms with van der Waals surface area (Å²) in [6, 6.07) is 6.86. The molecule has 1 saturated heterocycles. The minimum Gasteiger partial charge on any atom is -0.496 e. The monoisotopic (exact) mass is 333 g/mol. The number of benzene rings is 1. The third kappa shape index (κ3) is 4.63. The molecule has 0 saturated carbocycles. The van der Waals surface area contributed by atoms with E-state index in [1.807, 2.05) is 29.2 Å². The van der Waals surface area contributed by atoms with E-state index in [4.69, 9.17) is 4.74 Å². The van der Waals surface area contributed by atoms with Crippen LogP contribution in [0.4, 0.5) is 4.79 Å². The SMILES string of the molecule is COc1ccccc1CNC(=O)N[C@H](C)C(=O)N1CCCC[C@H]1C. The van der Waals surface area contributed by atoms with Gasteiger partial charge in [-0.15, -0.1) is 0 Å². The van der Waals surface area contributed by atoms with E-state index in [0.717, 1.165) is 37.1 Å². The molecule has 0 radical (unpaired) electrons. The van der Waals surface area contributed by atoms with Crippen LogP contribution in [0.2, 0.25) is 0 Å². The molecule has 1 aliphatic rings. The van der Waals surface area contributed by atoms with Gasteiger partial charge in [-0.05, 0) is 39.2 Å². The lowest BCUT2D eigenvalue weighted by Crippen LogP contribution is -2.53. The minimum atomic E-state index is -0.539. The number of carbonyl (C=O) groups excluding carboxylic acids is 2. The van der Waals surface area contributed by atoms with Gasteiger partial charge in [0, 0.05) is 24.7 Å². The third-order valence-electron chi connectivity index (χ3n) is 4.44. The Labute approximate surface area is 143 Å². The van der Waals surface area contributed by atoms with Gasteiger partial charge in [0.2, 0.25) is 5.91 Å². The van der Waals surface area contributed by atoms with Gasteiger partial charge >= 0.3 is 6.03 Å². The topological polar surface area (TPSA) is 70.7 Å². The van der Waals surface area contributed by atoms with E-state index in [2.05, 4.69) is 17.6 Å². The maximum atomic E-state index is 12.5. The molecule has 1 heterocycles. The summed E-state index contributed by atoms with van der Waals surface area (Å²) in [5.74, 6) is 0.707. The molecule has 132 valence electrons. The van der Waals surface area contributed by atoms with Gasteiger partial charge in [0.15, 0.2) is 0 Å². The maximum Gasteiger partial charge on any atom is 0.315 e. The molecule has 0 bridgehead atoms. The van der Waals surface area contributed by atoms with Crippen molar-refractivity contribution < 1.29 is 14.3 Å². The molecule has 1 aromatic rings. The Kier molecular flexibility index (Phi) is 6.46. The molecule has 1 aromatic carbocycles. The first-order valence-electron chi connectivity index (χ1n) is 8.49. The number of rotatable bonds is 5. The highest BCUT2D eigenvalue weighted by atomic mass is 16.5. The molecule has 24 heavy (non-hydrogen) atoms. The highest BCUT2D eigenvalue weighted by Crippen LogP contribution is 2.18. The van der Waals surface area contributed by atoms with E-state index in [1.54, 1.807) is 14.0 Å². The van der Waals surface area contributed by atoms with Crippen LogP contribution in [0, 0.1) is 0 Å². The molecular weight excluding hydrogens is 306 g/mol. The zero-order valence-corrected chi connectivity index (χ0v) is 14.7. The van der Waals surface area contributed by atoms with Crippen molar-refractivity contribution in [2.45, 2.75) is 51.7 Å². The average Bonchev–Trinajstić information content (AvgIpc) is 2.60. The first-order valence-corrected chi connectivity index (χ1v) is 8.49. The Bertz CT molecular complexity index is 576. The summed E-state index contributed by atoms with van der Waals surface area (Å²) in [6.45, 7) is 4.91. The van der Waals surface area contributed by atoms with E-state index in [1.165, 1.54) is 0 Å². The Morgan fingerprint density at radius 2 is 2.08 bits per heavy atom. The summed E-state index contributed by atoms with van der Waals surface area (Å²) in [6.07, 6.45) is 3.22. The van der Waals surface area contributed by atoms with E-state index >= 15 is 0 Å². The van der Waals surface area contributed by atoms with Crippen molar-refractivity contribution >= 4 is 11.9 Å². The summed E-state index contributed by atoms with van der Waals surface area (Å²) in [5.41, 5.74) is 0.888. The van der Waals surface area contributed by atoms with Crippen molar-refractivity contribution in [2.24, 2.45) is 0 Å². The lowest BCUT2D eigenvalue weighted by Gasteiger charge is -2.35. The smallest absolute Gasteiger partial charge is 0.315 e. The van der Waals surface area contributed by atoms with Crippen molar-refractivity contribution in [3.05, 3.63) is 29.8 Å². The summed E-state index contributed by atoms with van der Waals surface area (Å²) in [7, 11) is 1.60. The fourth-order valence-corrected chi connectivity index (χ4v) is 3.01. The first-order chi connectivity index (χ1) is 11.5. The number of ether oxygens (including phenoxy) is 1. The molecule has 2 atom stereocenters. The van der Waals surface area contributed by atoms with E-state index in [0.29, 0.717) is 6.54 Å². The van der Waals surface area contributed by atoms with Crippen LogP contribution in [0.1, 0.15) is 38.7 Å². The second kappa shape index (κ2) is 8.57. The Balaban J connectivity index is 1.84. The molecular formula is C18H27N3O3. The van der Waals surface area contributed by atoms with Gasteiger partial charge in [-0.25, -0.2) is 4.79 Å². The number of hydrogen-bond acceptors (Lipinski definition) is 3. The van der Waals surface area contributed by atoms with Gasteiger partial charge in [-0.1, -0.05) is 18.2 Å². The van der Waals surface area contributed by atoms with Crippen LogP contribution >= 0.6 is 0 Å². The second-order valence-electron chi connectivity index (χ2n) is 6.24. The van der Waals surface area contributed by atoms with Crippen LogP contribution in [-0.2, 0) is 11.3 Å². The predicted molar refractivity (Wildman–Crippen MR) is 92.9 cm³/mol. The van der Waals surface area contributed by atoms with Crippen molar-refractivity contribution in [3.63, 3.8) is 0 Å². The number of carbonyl (C=O) groups is 2. The van der Waals surface area contributed by atoms with Crippen molar-refractivity contribution in [2.75, 3.05) is 13.7 Å². The van der Waals surface area contributed by atoms with Gasteiger partial charge in [0.1, 0.15) is 11.8 Å². The molecule has 6 nitrogen and oxygen atoms in total. The number of likely N-dealkylation sites (tertiary alicyclic amines) is 1. The fraction of sp³-hybridized carbons (Fsp3) is 0.556.